The molecule has 1 aliphatic carbocycles. The molecule has 0 aromatic heterocycles. The van der Waals surface area contributed by atoms with E-state index in [1.54, 1.807) is 0 Å². The Morgan fingerprint density at radius 1 is 1.22 bits per heavy atom. The van der Waals surface area contributed by atoms with Crippen molar-refractivity contribution in [1.29, 1.82) is 0 Å². The van der Waals surface area contributed by atoms with E-state index in [9.17, 15) is 10.2 Å². The highest BCUT2D eigenvalue weighted by atomic mass is 16.5. The lowest BCUT2D eigenvalue weighted by molar-refractivity contribution is 0.0450. The minimum absolute atomic E-state index is 0.218. The topological polar surface area (TPSA) is 49.7 Å². The molecule has 0 unspecified atom stereocenters. The van der Waals surface area contributed by atoms with Gasteiger partial charge in [-0.1, -0.05) is 25.8 Å². The number of aliphatic hydroxyl groups excluding tert-OH is 1. The number of phenolic OH excluding ortho intramolecular Hbond substituents is 1. The van der Waals surface area contributed by atoms with Gasteiger partial charge in [0.2, 0.25) is 0 Å². The second-order valence-electron chi connectivity index (χ2n) is 7.47. The predicted octanol–water partition coefficient (Wildman–Crippen LogP) is 4.45. The van der Waals surface area contributed by atoms with Crippen molar-refractivity contribution in [3.8, 4) is 11.5 Å². The molecule has 0 saturated carbocycles. The van der Waals surface area contributed by atoms with Crippen molar-refractivity contribution >= 4 is 5.57 Å². The lowest BCUT2D eigenvalue weighted by atomic mass is 9.72. The molecular formula is C20H28O3. The van der Waals surface area contributed by atoms with Crippen molar-refractivity contribution in [3.63, 3.8) is 0 Å². The normalized spacial score (nSPS) is 25.1. The molecule has 0 spiro atoms. The molecule has 0 fully saturated rings. The zero-order valence-electron chi connectivity index (χ0n) is 14.4. The monoisotopic (exact) mass is 316 g/mol. The third kappa shape index (κ3) is 3.12. The lowest BCUT2D eigenvalue weighted by Gasteiger charge is -2.44. The summed E-state index contributed by atoms with van der Waals surface area (Å²) < 4.78 is 6.27. The number of rotatable bonds is 4. The molecule has 3 nitrogen and oxygen atoms in total. The minimum atomic E-state index is -0.424. The quantitative estimate of drug-likeness (QED) is 0.807. The fourth-order valence-electron chi connectivity index (χ4n) is 3.98. The lowest BCUT2D eigenvalue weighted by Crippen LogP contribution is -2.43. The fourth-order valence-corrected chi connectivity index (χ4v) is 3.98. The highest BCUT2D eigenvalue weighted by Gasteiger charge is 2.43. The van der Waals surface area contributed by atoms with E-state index in [1.807, 2.05) is 12.1 Å². The van der Waals surface area contributed by atoms with Crippen LogP contribution in [-0.4, -0.2) is 21.9 Å². The number of aliphatic hydroxyl groups is 1. The van der Waals surface area contributed by atoms with E-state index in [0.717, 1.165) is 48.1 Å². The van der Waals surface area contributed by atoms with Gasteiger partial charge in [0.05, 0.1) is 11.7 Å². The molecule has 3 rings (SSSR count). The molecule has 1 heterocycles. The Morgan fingerprint density at radius 2 is 2.00 bits per heavy atom. The first-order valence-corrected chi connectivity index (χ1v) is 8.87. The van der Waals surface area contributed by atoms with Gasteiger partial charge in [0.15, 0.2) is 0 Å². The molecule has 0 radical (unpaired) electrons. The van der Waals surface area contributed by atoms with Crippen LogP contribution in [0.15, 0.2) is 18.2 Å². The first-order valence-electron chi connectivity index (χ1n) is 8.87. The van der Waals surface area contributed by atoms with Gasteiger partial charge in [0.25, 0.3) is 0 Å². The maximum atomic E-state index is 10.6. The van der Waals surface area contributed by atoms with Crippen molar-refractivity contribution in [2.45, 2.75) is 71.0 Å². The second-order valence-corrected chi connectivity index (χ2v) is 7.47. The second kappa shape index (κ2) is 6.20. The van der Waals surface area contributed by atoms with Gasteiger partial charge >= 0.3 is 0 Å². The van der Waals surface area contributed by atoms with Gasteiger partial charge in [-0.2, -0.15) is 0 Å². The SMILES string of the molecule is CCCCCc1cc(O)c2c(c1)OC(C)(C)[C@@H]1CC[C@@H](O)C=C21. The number of hydrogen-bond donors (Lipinski definition) is 2. The Balaban J connectivity index is 2.01. The molecule has 1 aromatic rings. The van der Waals surface area contributed by atoms with Gasteiger partial charge in [0.1, 0.15) is 17.1 Å². The summed E-state index contributed by atoms with van der Waals surface area (Å²) >= 11 is 0. The molecule has 0 saturated heterocycles. The summed E-state index contributed by atoms with van der Waals surface area (Å²) in [6.07, 6.45) is 7.60. The van der Waals surface area contributed by atoms with Crippen LogP contribution in [0.5, 0.6) is 11.5 Å². The van der Waals surface area contributed by atoms with Crippen LogP contribution in [0.25, 0.3) is 5.57 Å². The van der Waals surface area contributed by atoms with Crippen LogP contribution < -0.4 is 4.74 Å². The standard InChI is InChI=1S/C20H28O3/c1-4-5-6-7-13-10-17(22)19-15-12-14(21)8-9-16(15)20(2,3)23-18(19)11-13/h10-12,14,16,21-22H,4-9H2,1-3H3/t14-,16-/m1/s1. The Morgan fingerprint density at radius 3 is 2.74 bits per heavy atom. The predicted molar refractivity (Wildman–Crippen MR) is 92.8 cm³/mol. The summed E-state index contributed by atoms with van der Waals surface area (Å²) in [5.74, 6) is 1.27. The molecule has 23 heavy (non-hydrogen) atoms. The van der Waals surface area contributed by atoms with Gasteiger partial charge in [-0.3, -0.25) is 0 Å². The molecule has 1 aliphatic heterocycles. The van der Waals surface area contributed by atoms with Gasteiger partial charge in [-0.25, -0.2) is 0 Å². The van der Waals surface area contributed by atoms with E-state index < -0.39 is 6.10 Å². The van der Waals surface area contributed by atoms with Crippen molar-refractivity contribution in [2.75, 3.05) is 0 Å². The highest BCUT2D eigenvalue weighted by Crippen LogP contribution is 2.51. The molecule has 2 N–H and O–H groups in total. The van der Waals surface area contributed by atoms with Gasteiger partial charge in [-0.05, 0) is 62.8 Å². The maximum absolute atomic E-state index is 10.6. The van der Waals surface area contributed by atoms with Crippen molar-refractivity contribution in [2.24, 2.45) is 5.92 Å². The Kier molecular flexibility index (Phi) is 4.41. The van der Waals surface area contributed by atoms with Crippen molar-refractivity contribution in [1.82, 2.24) is 0 Å². The first-order chi connectivity index (χ1) is 10.9. The van der Waals surface area contributed by atoms with Crippen LogP contribution in [0.3, 0.4) is 0 Å². The van der Waals surface area contributed by atoms with Crippen LogP contribution >= 0.6 is 0 Å². The Labute approximate surface area is 139 Å². The smallest absolute Gasteiger partial charge is 0.131 e. The highest BCUT2D eigenvalue weighted by molar-refractivity contribution is 5.80. The van der Waals surface area contributed by atoms with E-state index >= 15 is 0 Å². The molecular weight excluding hydrogens is 288 g/mol. The van der Waals surface area contributed by atoms with E-state index in [2.05, 4.69) is 26.8 Å². The van der Waals surface area contributed by atoms with Gasteiger partial charge in [-0.15, -0.1) is 0 Å². The maximum Gasteiger partial charge on any atom is 0.131 e. The number of phenols is 1. The summed E-state index contributed by atoms with van der Waals surface area (Å²) in [6, 6.07) is 3.94. The number of aryl methyl sites for hydroxylation is 1. The third-order valence-electron chi connectivity index (χ3n) is 5.21. The number of unbranched alkanes of at least 4 members (excludes halogenated alkanes) is 2. The Hall–Kier alpha value is -1.48. The average Bonchev–Trinajstić information content (AvgIpc) is 2.46. The zero-order valence-corrected chi connectivity index (χ0v) is 14.4. The zero-order chi connectivity index (χ0) is 16.6. The van der Waals surface area contributed by atoms with Gasteiger partial charge < -0.3 is 14.9 Å². The molecule has 0 bridgehead atoms. The number of fused-ring (bicyclic) bond motifs is 3. The number of aromatic hydroxyl groups is 1. The van der Waals surface area contributed by atoms with E-state index in [-0.39, 0.29) is 17.3 Å². The van der Waals surface area contributed by atoms with E-state index in [0.29, 0.717) is 0 Å². The first kappa shape index (κ1) is 16.4. The Bertz CT molecular complexity index is 616. The van der Waals surface area contributed by atoms with Crippen LogP contribution in [-0.2, 0) is 6.42 Å². The van der Waals surface area contributed by atoms with E-state index in [4.69, 9.17) is 4.74 Å². The number of ether oxygens (including phenoxy) is 1. The molecule has 2 atom stereocenters. The van der Waals surface area contributed by atoms with Crippen LogP contribution in [0.2, 0.25) is 0 Å². The molecule has 3 heteroatoms. The summed E-state index contributed by atoms with van der Waals surface area (Å²) in [7, 11) is 0. The summed E-state index contributed by atoms with van der Waals surface area (Å²) in [4.78, 5) is 0. The number of benzene rings is 1. The summed E-state index contributed by atoms with van der Waals surface area (Å²) in [5, 5.41) is 20.6. The molecule has 2 aliphatic rings. The molecule has 126 valence electrons. The summed E-state index contributed by atoms with van der Waals surface area (Å²) in [5.41, 5.74) is 2.65. The van der Waals surface area contributed by atoms with Crippen LogP contribution in [0.4, 0.5) is 0 Å². The largest absolute Gasteiger partial charge is 0.507 e. The molecule has 1 aromatic carbocycles. The van der Waals surface area contributed by atoms with Gasteiger partial charge in [0, 0.05) is 5.92 Å². The van der Waals surface area contributed by atoms with Crippen LogP contribution in [0, 0.1) is 5.92 Å². The number of hydrogen-bond acceptors (Lipinski definition) is 3. The molecule has 0 amide bonds. The van der Waals surface area contributed by atoms with Crippen molar-refractivity contribution < 1.29 is 14.9 Å². The third-order valence-corrected chi connectivity index (χ3v) is 5.21. The summed E-state index contributed by atoms with van der Waals surface area (Å²) in [6.45, 7) is 6.40. The fraction of sp³-hybridized carbons (Fsp3) is 0.600. The minimum Gasteiger partial charge on any atom is -0.507 e. The van der Waals surface area contributed by atoms with Crippen molar-refractivity contribution in [3.05, 3.63) is 29.3 Å². The average molecular weight is 316 g/mol. The van der Waals surface area contributed by atoms with Crippen LogP contribution in [0.1, 0.15) is 64.0 Å². The van der Waals surface area contributed by atoms with E-state index in [1.165, 1.54) is 12.8 Å².